The van der Waals surface area contributed by atoms with Gasteiger partial charge in [0.2, 0.25) is 17.6 Å². The minimum absolute atomic E-state index is 0.0989. The fourth-order valence-electron chi connectivity index (χ4n) is 4.88. The summed E-state index contributed by atoms with van der Waals surface area (Å²) < 4.78 is 29.9. The molecule has 13 heteroatoms. The lowest BCUT2D eigenvalue weighted by Crippen LogP contribution is -2.57. The van der Waals surface area contributed by atoms with Gasteiger partial charge in [0.05, 0.1) is 12.3 Å². The number of anilines is 1. The van der Waals surface area contributed by atoms with Crippen molar-refractivity contribution < 1.29 is 13.5 Å². The summed E-state index contributed by atoms with van der Waals surface area (Å²) in [6, 6.07) is 2.95. The van der Waals surface area contributed by atoms with Crippen molar-refractivity contribution in [3.05, 3.63) is 52.4 Å². The number of alkyl halides is 1. The van der Waals surface area contributed by atoms with Crippen molar-refractivity contribution in [1.82, 2.24) is 33.9 Å². The normalized spacial score (nSPS) is 22.5. The zero-order valence-electron chi connectivity index (χ0n) is 20.4. The van der Waals surface area contributed by atoms with Gasteiger partial charge in [0, 0.05) is 39.3 Å². The van der Waals surface area contributed by atoms with Gasteiger partial charge in [0.25, 0.3) is 0 Å². The summed E-state index contributed by atoms with van der Waals surface area (Å²) in [4.78, 5) is 26.1. The van der Waals surface area contributed by atoms with Crippen molar-refractivity contribution >= 4 is 33.3 Å². The van der Waals surface area contributed by atoms with Crippen LogP contribution in [-0.4, -0.2) is 85.2 Å². The van der Waals surface area contributed by atoms with Crippen molar-refractivity contribution in [2.45, 2.75) is 18.4 Å². The Kier molecular flexibility index (Phi) is 6.32. The topological polar surface area (TPSA) is 120 Å². The van der Waals surface area contributed by atoms with E-state index in [2.05, 4.69) is 30.8 Å². The molecule has 38 heavy (non-hydrogen) atoms. The van der Waals surface area contributed by atoms with Crippen LogP contribution in [0.3, 0.4) is 0 Å². The van der Waals surface area contributed by atoms with E-state index in [-0.39, 0.29) is 17.4 Å². The van der Waals surface area contributed by atoms with Gasteiger partial charge in [-0.05, 0) is 18.2 Å². The molecule has 0 bridgehead atoms. The molecule has 0 radical (unpaired) electrons. The van der Waals surface area contributed by atoms with Crippen LogP contribution in [0.1, 0.15) is 0 Å². The van der Waals surface area contributed by atoms with Gasteiger partial charge in [-0.1, -0.05) is 35.5 Å². The van der Waals surface area contributed by atoms with Crippen LogP contribution in [0, 0.1) is 12.3 Å². The Bertz CT molecular complexity index is 1620. The van der Waals surface area contributed by atoms with Crippen molar-refractivity contribution in [1.29, 1.82) is 0 Å². The Labute approximate surface area is 220 Å². The zero-order valence-corrected chi connectivity index (χ0v) is 21.2. The number of nitrogens with two attached hydrogens (primary N) is 1. The smallest absolute Gasteiger partial charge is 0.309 e. The van der Waals surface area contributed by atoms with Crippen LogP contribution in [0.2, 0.25) is 0 Å². The summed E-state index contributed by atoms with van der Waals surface area (Å²) in [5, 5.41) is 4.39. The minimum Gasteiger partial charge on any atom is -0.461 e. The largest absolute Gasteiger partial charge is 0.461 e. The van der Waals surface area contributed by atoms with E-state index in [1.807, 2.05) is 12.2 Å². The molecule has 1 aliphatic carbocycles. The number of nitrogens with zero attached hydrogens (tertiary/aromatic N) is 7. The highest BCUT2D eigenvalue weighted by Crippen LogP contribution is 2.30. The number of halogens is 1. The number of hydrogen-bond donors (Lipinski definition) is 1. The molecule has 5 heterocycles. The highest BCUT2D eigenvalue weighted by atomic mass is 32.1. The standard InChI is InChI=1S/C25H25FN8O3S/c1-2-15-37-25(26)8-4-3-7-18(25)32-12-9-31(10-13-32)11-14-33-21-19(38-24(33)35)22-28-20(17-6-5-16-36-17)30-34(22)23(27)29-21/h1,3-8,16,18H,9-15H2,(H2,27,29). The maximum absolute atomic E-state index is 15.5. The fourth-order valence-corrected chi connectivity index (χ4v) is 5.82. The second-order valence-electron chi connectivity index (χ2n) is 9.05. The lowest BCUT2D eigenvalue weighted by atomic mass is 10.0. The first-order valence-corrected chi connectivity index (χ1v) is 13.0. The molecular weight excluding hydrogens is 511 g/mol. The van der Waals surface area contributed by atoms with Crippen molar-refractivity contribution in [2.75, 3.05) is 45.1 Å². The first kappa shape index (κ1) is 24.5. The number of ether oxygens (including phenoxy) is 1. The highest BCUT2D eigenvalue weighted by Gasteiger charge is 2.42. The second kappa shape index (κ2) is 9.80. The van der Waals surface area contributed by atoms with Crippen molar-refractivity contribution in [3.8, 4) is 23.9 Å². The van der Waals surface area contributed by atoms with Crippen LogP contribution >= 0.6 is 11.3 Å². The number of piperazine rings is 1. The molecule has 4 aromatic heterocycles. The molecular formula is C25H25FN8O3S. The molecule has 0 amide bonds. The fraction of sp³-hybridized carbons (Fsp3) is 0.360. The molecule has 2 N–H and O–H groups in total. The van der Waals surface area contributed by atoms with Gasteiger partial charge in [-0.15, -0.1) is 11.5 Å². The first-order chi connectivity index (χ1) is 18.5. The van der Waals surface area contributed by atoms with Gasteiger partial charge in [-0.25, -0.2) is 9.37 Å². The maximum atomic E-state index is 15.5. The van der Waals surface area contributed by atoms with E-state index in [1.165, 1.54) is 16.9 Å². The molecule has 2 aliphatic rings. The lowest BCUT2D eigenvalue weighted by molar-refractivity contribution is -0.138. The van der Waals surface area contributed by atoms with Gasteiger partial charge in [0.15, 0.2) is 17.1 Å². The summed E-state index contributed by atoms with van der Waals surface area (Å²) in [5.41, 5.74) is 7.12. The van der Waals surface area contributed by atoms with E-state index in [0.717, 1.165) is 11.3 Å². The molecule has 2 atom stereocenters. The van der Waals surface area contributed by atoms with E-state index in [4.69, 9.17) is 21.3 Å². The molecule has 0 aromatic carbocycles. The second-order valence-corrected chi connectivity index (χ2v) is 10.0. The van der Waals surface area contributed by atoms with Crippen molar-refractivity contribution in [3.63, 3.8) is 0 Å². The van der Waals surface area contributed by atoms with Crippen LogP contribution < -0.4 is 10.6 Å². The van der Waals surface area contributed by atoms with Crippen LogP contribution in [0.4, 0.5) is 10.3 Å². The van der Waals surface area contributed by atoms with E-state index in [1.54, 1.807) is 22.8 Å². The number of terminal acetylenes is 1. The molecule has 0 spiro atoms. The molecule has 0 saturated carbocycles. The summed E-state index contributed by atoms with van der Waals surface area (Å²) in [7, 11) is 0. The maximum Gasteiger partial charge on any atom is 0.309 e. The third-order valence-electron chi connectivity index (χ3n) is 6.81. The molecule has 6 rings (SSSR count). The molecule has 2 unspecified atom stereocenters. The predicted molar refractivity (Wildman–Crippen MR) is 141 cm³/mol. The lowest BCUT2D eigenvalue weighted by Gasteiger charge is -2.43. The van der Waals surface area contributed by atoms with E-state index >= 15 is 4.39 Å². The third-order valence-corrected chi connectivity index (χ3v) is 7.77. The van der Waals surface area contributed by atoms with E-state index in [0.29, 0.717) is 66.8 Å². The van der Waals surface area contributed by atoms with Gasteiger partial charge in [-0.3, -0.25) is 19.2 Å². The minimum atomic E-state index is -1.96. The SMILES string of the molecule is C#CCOC1(F)C=CC=CC1N1CCN(CCn2c(=O)sc3c2nc(N)n2nc(-c4ccco4)nc32)CC1. The molecule has 4 aromatic rings. The molecule has 11 nitrogen and oxygen atoms in total. The van der Waals surface area contributed by atoms with Gasteiger partial charge >= 0.3 is 4.87 Å². The Morgan fingerprint density at radius 1 is 1.24 bits per heavy atom. The number of fused-ring (bicyclic) bond motifs is 3. The monoisotopic (exact) mass is 536 g/mol. The van der Waals surface area contributed by atoms with E-state index < -0.39 is 11.9 Å². The van der Waals surface area contributed by atoms with Gasteiger partial charge < -0.3 is 14.9 Å². The number of rotatable bonds is 7. The van der Waals surface area contributed by atoms with Gasteiger partial charge in [0.1, 0.15) is 11.3 Å². The first-order valence-electron chi connectivity index (χ1n) is 12.1. The summed E-state index contributed by atoms with van der Waals surface area (Å²) in [6.07, 6.45) is 13.5. The number of furan rings is 1. The molecule has 1 saturated heterocycles. The summed E-state index contributed by atoms with van der Waals surface area (Å²) in [6.45, 7) is 3.69. The van der Waals surface area contributed by atoms with Crippen LogP contribution in [-0.2, 0) is 11.3 Å². The Morgan fingerprint density at radius 2 is 2.08 bits per heavy atom. The predicted octanol–water partition coefficient (Wildman–Crippen LogP) is 1.77. The van der Waals surface area contributed by atoms with Crippen LogP contribution in [0.15, 0.2) is 51.9 Å². The summed E-state index contributed by atoms with van der Waals surface area (Å²) >= 11 is 1.06. The quantitative estimate of drug-likeness (QED) is 0.352. The zero-order chi connectivity index (χ0) is 26.3. The Morgan fingerprint density at radius 3 is 2.84 bits per heavy atom. The number of hydrogen-bond acceptors (Lipinski definition) is 10. The van der Waals surface area contributed by atoms with E-state index in [9.17, 15) is 4.79 Å². The Balaban J connectivity index is 1.16. The van der Waals surface area contributed by atoms with Crippen LogP contribution in [0.5, 0.6) is 0 Å². The summed E-state index contributed by atoms with van der Waals surface area (Å²) in [5.74, 6) is 1.38. The number of allylic oxidation sites excluding steroid dienone is 2. The molecule has 196 valence electrons. The number of aromatic nitrogens is 5. The average molecular weight is 537 g/mol. The van der Waals surface area contributed by atoms with Crippen molar-refractivity contribution in [2.24, 2.45) is 0 Å². The number of nitrogen functional groups attached to an aromatic ring is 1. The Hall–Kier alpha value is -3.83. The highest BCUT2D eigenvalue weighted by molar-refractivity contribution is 7.17. The van der Waals surface area contributed by atoms with Gasteiger partial charge in [-0.2, -0.15) is 9.50 Å². The molecule has 1 fully saturated rings. The average Bonchev–Trinajstić information content (AvgIpc) is 3.66. The van der Waals surface area contributed by atoms with Crippen LogP contribution in [0.25, 0.3) is 27.6 Å². The molecule has 1 aliphatic heterocycles. The third kappa shape index (κ3) is 4.31. The number of thiazole rings is 1.